The van der Waals surface area contributed by atoms with Gasteiger partial charge in [-0.1, -0.05) is 30.3 Å². The number of anilines is 2. The zero-order chi connectivity index (χ0) is 13.5. The zero-order valence-electron chi connectivity index (χ0n) is 10.4. The molecule has 0 amide bonds. The highest BCUT2D eigenvalue weighted by Crippen LogP contribution is 2.33. The summed E-state index contributed by atoms with van der Waals surface area (Å²) in [5, 5.41) is 14.3. The largest absolute Gasteiger partial charge is 0.272 e. The van der Waals surface area contributed by atoms with E-state index in [4.69, 9.17) is 0 Å². The summed E-state index contributed by atoms with van der Waals surface area (Å²) in [6, 6.07) is 15.3. The predicted octanol–water partition coefficient (Wildman–Crippen LogP) is 2.41. The van der Waals surface area contributed by atoms with Crippen molar-refractivity contribution in [3.8, 4) is 0 Å². The van der Waals surface area contributed by atoms with E-state index >= 15 is 0 Å². The average molecular weight is 262 g/mol. The second-order valence-electron chi connectivity index (χ2n) is 4.54. The molecule has 0 saturated carbocycles. The smallest absolute Gasteiger partial charge is 0.267 e. The van der Waals surface area contributed by atoms with E-state index in [9.17, 15) is 4.79 Å². The third-order valence-corrected chi connectivity index (χ3v) is 3.34. The quantitative estimate of drug-likeness (QED) is 0.732. The molecule has 0 saturated heterocycles. The van der Waals surface area contributed by atoms with Gasteiger partial charge in [0.15, 0.2) is 5.82 Å². The van der Waals surface area contributed by atoms with Crippen LogP contribution >= 0.6 is 0 Å². The van der Waals surface area contributed by atoms with E-state index in [-0.39, 0.29) is 5.56 Å². The maximum atomic E-state index is 11.9. The molecular formula is C15H10N4O. The van der Waals surface area contributed by atoms with Crippen LogP contribution in [-0.4, -0.2) is 16.4 Å². The maximum Gasteiger partial charge on any atom is 0.272 e. The van der Waals surface area contributed by atoms with E-state index in [1.807, 2.05) is 42.5 Å². The van der Waals surface area contributed by atoms with Crippen molar-refractivity contribution in [3.05, 3.63) is 64.4 Å². The van der Waals surface area contributed by atoms with Crippen LogP contribution in [0.15, 0.2) is 58.4 Å². The van der Waals surface area contributed by atoms with Gasteiger partial charge in [0.1, 0.15) is 0 Å². The van der Waals surface area contributed by atoms with Crippen LogP contribution < -0.4 is 10.6 Å². The van der Waals surface area contributed by atoms with Crippen LogP contribution in [0.4, 0.5) is 11.5 Å². The molecule has 1 N–H and O–H groups in total. The van der Waals surface area contributed by atoms with Crippen LogP contribution in [0.5, 0.6) is 0 Å². The summed E-state index contributed by atoms with van der Waals surface area (Å²) in [5.74, 6) is 0.643. The molecule has 2 heterocycles. The van der Waals surface area contributed by atoms with Crippen LogP contribution in [0.1, 0.15) is 5.56 Å². The van der Waals surface area contributed by atoms with Crippen molar-refractivity contribution in [3.63, 3.8) is 0 Å². The topological polar surface area (TPSA) is 61.4 Å². The van der Waals surface area contributed by atoms with E-state index in [1.54, 1.807) is 17.3 Å². The zero-order valence-corrected chi connectivity index (χ0v) is 10.4. The second-order valence-corrected chi connectivity index (χ2v) is 4.54. The molecule has 1 aromatic heterocycles. The fraction of sp³-hybridized carbons (Fsp3) is 0. The fourth-order valence-corrected chi connectivity index (χ4v) is 2.42. The van der Waals surface area contributed by atoms with Crippen LogP contribution in [0.3, 0.4) is 0 Å². The number of benzene rings is 2. The third kappa shape index (κ3) is 1.46. The molecule has 3 aromatic rings. The Bertz CT molecular complexity index is 883. The normalized spacial score (nSPS) is 12.9. The lowest BCUT2D eigenvalue weighted by molar-refractivity contribution is 0.946. The lowest BCUT2D eigenvalue weighted by Gasteiger charge is -2.22. The first kappa shape index (κ1) is 10.9. The summed E-state index contributed by atoms with van der Waals surface area (Å²) in [5.41, 5.74) is 1.62. The minimum atomic E-state index is -0.186. The van der Waals surface area contributed by atoms with Crippen LogP contribution in [0.25, 0.3) is 10.8 Å². The monoisotopic (exact) mass is 262 g/mol. The molecule has 1 aliphatic rings. The van der Waals surface area contributed by atoms with Gasteiger partial charge in [0.05, 0.1) is 17.3 Å². The predicted molar refractivity (Wildman–Crippen MR) is 78.5 cm³/mol. The Kier molecular flexibility index (Phi) is 2.20. The molecule has 0 radical (unpaired) electrons. The second kappa shape index (κ2) is 4.03. The first-order valence-corrected chi connectivity index (χ1v) is 6.25. The number of aromatic amines is 1. The lowest BCUT2D eigenvalue weighted by Crippen LogP contribution is -2.20. The standard InChI is InChI=1S/C15H10N4O/c20-15-12-8-4-5-10-9-16-19(11-6-2-1-3-7-11)14(13(10)12)17-18-15/h1-9H,(H,18,20). The van der Waals surface area contributed by atoms with Gasteiger partial charge in [-0.15, -0.1) is 0 Å². The average Bonchev–Trinajstić information content (AvgIpc) is 2.52. The van der Waals surface area contributed by atoms with Crippen LogP contribution in [-0.2, 0) is 0 Å². The number of rotatable bonds is 1. The molecule has 0 spiro atoms. The Morgan fingerprint density at radius 2 is 1.85 bits per heavy atom. The summed E-state index contributed by atoms with van der Waals surface area (Å²) >= 11 is 0. The molecule has 1 aliphatic heterocycles. The minimum Gasteiger partial charge on any atom is -0.267 e. The summed E-state index contributed by atoms with van der Waals surface area (Å²) in [6.07, 6.45) is 1.75. The SMILES string of the molecule is O=c1[nH]nc2c3c(cccc13)C=NN2c1ccccc1. The van der Waals surface area contributed by atoms with Crippen molar-refractivity contribution >= 4 is 28.5 Å². The molecule has 0 fully saturated rings. The van der Waals surface area contributed by atoms with E-state index in [0.717, 1.165) is 16.6 Å². The van der Waals surface area contributed by atoms with Crippen molar-refractivity contribution in [2.24, 2.45) is 5.10 Å². The van der Waals surface area contributed by atoms with E-state index in [1.165, 1.54) is 0 Å². The van der Waals surface area contributed by atoms with Crippen molar-refractivity contribution < 1.29 is 0 Å². The molecule has 5 heteroatoms. The Hall–Kier alpha value is -2.95. The van der Waals surface area contributed by atoms with Gasteiger partial charge in [-0.2, -0.15) is 10.2 Å². The summed E-state index contributed by atoms with van der Waals surface area (Å²) < 4.78 is 0. The van der Waals surface area contributed by atoms with Gasteiger partial charge >= 0.3 is 0 Å². The van der Waals surface area contributed by atoms with Gasteiger partial charge in [0.2, 0.25) is 0 Å². The molecular weight excluding hydrogens is 252 g/mol. The lowest BCUT2D eigenvalue weighted by atomic mass is 10.1. The number of H-pyrrole nitrogens is 1. The molecule has 0 atom stereocenters. The number of nitrogens with one attached hydrogen (secondary N) is 1. The highest BCUT2D eigenvalue weighted by Gasteiger charge is 2.20. The summed E-state index contributed by atoms with van der Waals surface area (Å²) in [6.45, 7) is 0. The van der Waals surface area contributed by atoms with E-state index < -0.39 is 0 Å². The molecule has 0 unspecified atom stereocenters. The number of hydrogen-bond acceptors (Lipinski definition) is 4. The van der Waals surface area contributed by atoms with Gasteiger partial charge in [-0.05, 0) is 18.2 Å². The van der Waals surface area contributed by atoms with Gasteiger partial charge in [-0.25, -0.2) is 10.1 Å². The van der Waals surface area contributed by atoms with Crippen LogP contribution in [0, 0.1) is 0 Å². The number of aromatic nitrogens is 2. The number of para-hydroxylation sites is 1. The fourth-order valence-electron chi connectivity index (χ4n) is 2.42. The van der Waals surface area contributed by atoms with Crippen molar-refractivity contribution in [2.75, 3.05) is 5.01 Å². The maximum absolute atomic E-state index is 11.9. The van der Waals surface area contributed by atoms with Gasteiger partial charge in [0.25, 0.3) is 5.56 Å². The Balaban J connectivity index is 2.05. The Morgan fingerprint density at radius 3 is 2.70 bits per heavy atom. The van der Waals surface area contributed by atoms with Crippen molar-refractivity contribution in [1.82, 2.24) is 10.2 Å². The number of nitrogens with zero attached hydrogens (tertiary/aromatic N) is 3. The molecule has 20 heavy (non-hydrogen) atoms. The molecule has 0 bridgehead atoms. The number of hydrazone groups is 1. The molecule has 2 aromatic carbocycles. The van der Waals surface area contributed by atoms with E-state index in [0.29, 0.717) is 11.2 Å². The molecule has 0 aliphatic carbocycles. The highest BCUT2D eigenvalue weighted by molar-refractivity contribution is 6.08. The highest BCUT2D eigenvalue weighted by atomic mass is 16.1. The first-order chi connectivity index (χ1) is 9.84. The molecule has 96 valence electrons. The molecule has 5 nitrogen and oxygen atoms in total. The van der Waals surface area contributed by atoms with Gasteiger partial charge in [0, 0.05) is 10.9 Å². The Labute approximate surface area is 114 Å². The summed E-state index contributed by atoms with van der Waals surface area (Å²) in [4.78, 5) is 11.9. The minimum absolute atomic E-state index is 0.186. The first-order valence-electron chi connectivity index (χ1n) is 6.25. The van der Waals surface area contributed by atoms with Crippen molar-refractivity contribution in [2.45, 2.75) is 0 Å². The number of hydrogen-bond donors (Lipinski definition) is 1. The molecule has 4 rings (SSSR count). The van der Waals surface area contributed by atoms with Crippen LogP contribution in [0.2, 0.25) is 0 Å². The summed E-state index contributed by atoms with van der Waals surface area (Å²) in [7, 11) is 0. The van der Waals surface area contributed by atoms with Gasteiger partial charge < -0.3 is 0 Å². The Morgan fingerprint density at radius 1 is 1.00 bits per heavy atom. The van der Waals surface area contributed by atoms with Crippen molar-refractivity contribution in [1.29, 1.82) is 0 Å². The van der Waals surface area contributed by atoms with Gasteiger partial charge in [-0.3, -0.25) is 4.79 Å². The van der Waals surface area contributed by atoms with E-state index in [2.05, 4.69) is 15.3 Å². The third-order valence-electron chi connectivity index (χ3n) is 3.34.